The summed E-state index contributed by atoms with van der Waals surface area (Å²) in [5.74, 6) is -0.329. The van der Waals surface area contributed by atoms with E-state index >= 15 is 0 Å². The smallest absolute Gasteiger partial charge is 0.422 e. The van der Waals surface area contributed by atoms with Gasteiger partial charge in [-0.1, -0.05) is 0 Å². The van der Waals surface area contributed by atoms with Crippen molar-refractivity contribution in [1.29, 1.82) is 0 Å². The molecule has 0 unspecified atom stereocenters. The van der Waals surface area contributed by atoms with E-state index in [1.54, 1.807) is 12.1 Å². The largest absolute Gasteiger partial charge is 0.482 e. The molecule has 14 heteroatoms. The lowest BCUT2D eigenvalue weighted by Gasteiger charge is -2.34. The lowest BCUT2D eigenvalue weighted by molar-refractivity contribution is -0.153. The van der Waals surface area contributed by atoms with Gasteiger partial charge in [0.1, 0.15) is 18.1 Å². The monoisotopic (exact) mass is 554 g/mol. The topological polar surface area (TPSA) is 120 Å². The SMILES string of the molecule is O=C(Cn1nccn1)c1ccc(OCC(F)(F)F)c(-n2c(CN3CCNC4(CC4)C3)nc3ncccc3c2=O)c1. The number of ether oxygens (including phenoxy) is 1. The van der Waals surface area contributed by atoms with E-state index in [1.165, 1.54) is 46.2 Å². The van der Waals surface area contributed by atoms with Crippen molar-refractivity contribution >= 4 is 16.8 Å². The number of Topliss-reactive ketones (excluding diaryl/α,β-unsaturated/α-hetero) is 1. The van der Waals surface area contributed by atoms with Crippen molar-refractivity contribution in [3.63, 3.8) is 0 Å². The zero-order chi connectivity index (χ0) is 27.9. The molecule has 11 nitrogen and oxygen atoms in total. The first-order chi connectivity index (χ1) is 19.2. The van der Waals surface area contributed by atoms with Gasteiger partial charge in [-0.05, 0) is 43.2 Å². The summed E-state index contributed by atoms with van der Waals surface area (Å²) < 4.78 is 45.9. The summed E-state index contributed by atoms with van der Waals surface area (Å²) >= 11 is 0. The number of alkyl halides is 3. The summed E-state index contributed by atoms with van der Waals surface area (Å²) in [4.78, 5) is 39.2. The minimum Gasteiger partial charge on any atom is -0.482 e. The third kappa shape index (κ3) is 5.45. The van der Waals surface area contributed by atoms with Crippen LogP contribution in [0.2, 0.25) is 0 Å². The average molecular weight is 555 g/mol. The number of carbonyl (C=O) groups is 1. The number of aromatic nitrogens is 6. The summed E-state index contributed by atoms with van der Waals surface area (Å²) in [6.07, 6.45) is 1.86. The van der Waals surface area contributed by atoms with Gasteiger partial charge < -0.3 is 10.1 Å². The predicted octanol–water partition coefficient (Wildman–Crippen LogP) is 2.13. The van der Waals surface area contributed by atoms with E-state index in [-0.39, 0.29) is 52.5 Å². The Morgan fingerprint density at radius 3 is 2.67 bits per heavy atom. The minimum atomic E-state index is -4.61. The Balaban J connectivity index is 1.47. The molecule has 1 aromatic carbocycles. The highest BCUT2D eigenvalue weighted by Gasteiger charge is 2.45. The Bertz CT molecular complexity index is 1620. The summed E-state index contributed by atoms with van der Waals surface area (Å²) in [5.41, 5.74) is -0.121. The number of nitrogens with one attached hydrogen (secondary N) is 1. The molecule has 0 radical (unpaired) electrons. The van der Waals surface area contributed by atoms with Gasteiger partial charge in [-0.25, -0.2) is 9.97 Å². The number of piperazine rings is 1. The van der Waals surface area contributed by atoms with Crippen LogP contribution in [0, 0.1) is 0 Å². The van der Waals surface area contributed by atoms with Crippen molar-refractivity contribution in [2.45, 2.75) is 37.6 Å². The standard InChI is InChI=1S/C26H25F3N8O3/c27-26(28,29)16-40-21-4-3-17(20(38)13-36-32-8-9-33-36)12-19(21)37-22(14-35-11-10-31-25(15-35)5-6-25)34-23-18(24(37)39)2-1-7-30-23/h1-4,7-9,12,31H,5-6,10-11,13-16H2. The first-order valence-corrected chi connectivity index (χ1v) is 12.8. The molecule has 1 saturated heterocycles. The first-order valence-electron chi connectivity index (χ1n) is 12.8. The molecule has 6 rings (SSSR count). The first kappa shape index (κ1) is 26.1. The fraction of sp³-hybridized carbons (Fsp3) is 0.385. The van der Waals surface area contributed by atoms with Crippen LogP contribution in [0.4, 0.5) is 13.2 Å². The van der Waals surface area contributed by atoms with Crippen molar-refractivity contribution in [3.8, 4) is 11.4 Å². The molecule has 1 aliphatic heterocycles. The molecule has 208 valence electrons. The summed E-state index contributed by atoms with van der Waals surface area (Å²) in [7, 11) is 0. The fourth-order valence-corrected chi connectivity index (χ4v) is 4.97. The maximum Gasteiger partial charge on any atom is 0.422 e. The number of carbonyl (C=O) groups excluding carboxylic acids is 1. The van der Waals surface area contributed by atoms with Crippen LogP contribution in [0.15, 0.2) is 53.7 Å². The molecule has 2 fully saturated rings. The number of halogens is 3. The number of rotatable bonds is 8. The van der Waals surface area contributed by atoms with Crippen LogP contribution in [-0.2, 0) is 13.1 Å². The van der Waals surface area contributed by atoms with Crippen LogP contribution in [0.5, 0.6) is 5.75 Å². The Hall–Kier alpha value is -4.17. The van der Waals surface area contributed by atoms with Crippen molar-refractivity contribution in [2.24, 2.45) is 0 Å². The highest BCUT2D eigenvalue weighted by molar-refractivity contribution is 5.96. The molecular formula is C26H25F3N8O3. The lowest BCUT2D eigenvalue weighted by Crippen LogP contribution is -2.52. The molecule has 3 aromatic heterocycles. The Kier molecular flexibility index (Phi) is 6.58. The molecule has 0 bridgehead atoms. The zero-order valence-corrected chi connectivity index (χ0v) is 21.3. The number of hydrogen-bond donors (Lipinski definition) is 1. The van der Waals surface area contributed by atoms with E-state index in [4.69, 9.17) is 4.74 Å². The molecule has 0 atom stereocenters. The van der Waals surface area contributed by atoms with Gasteiger partial charge >= 0.3 is 6.18 Å². The summed E-state index contributed by atoms with van der Waals surface area (Å²) in [6, 6.07) is 7.11. The van der Waals surface area contributed by atoms with E-state index in [0.29, 0.717) is 6.54 Å². The second kappa shape index (κ2) is 10.1. The van der Waals surface area contributed by atoms with Gasteiger partial charge in [-0.15, -0.1) is 0 Å². The van der Waals surface area contributed by atoms with Gasteiger partial charge in [-0.2, -0.15) is 28.2 Å². The second-order valence-corrected chi connectivity index (χ2v) is 10.0. The van der Waals surface area contributed by atoms with Crippen LogP contribution in [0.1, 0.15) is 29.0 Å². The van der Waals surface area contributed by atoms with E-state index in [1.807, 2.05) is 0 Å². The zero-order valence-electron chi connectivity index (χ0n) is 21.3. The quantitative estimate of drug-likeness (QED) is 0.327. The van der Waals surface area contributed by atoms with Crippen LogP contribution >= 0.6 is 0 Å². The van der Waals surface area contributed by atoms with E-state index in [0.717, 1.165) is 25.9 Å². The molecule has 1 aliphatic carbocycles. The second-order valence-electron chi connectivity index (χ2n) is 10.0. The molecule has 1 saturated carbocycles. The molecule has 4 aromatic rings. The van der Waals surface area contributed by atoms with Crippen molar-refractivity contribution in [3.05, 3.63) is 70.7 Å². The third-order valence-electron chi connectivity index (χ3n) is 7.05. The maximum atomic E-state index is 13.9. The molecule has 1 spiro atoms. The van der Waals surface area contributed by atoms with Gasteiger partial charge in [0.05, 0.1) is 30.0 Å². The number of hydrogen-bond acceptors (Lipinski definition) is 9. The van der Waals surface area contributed by atoms with E-state index < -0.39 is 24.1 Å². The Morgan fingerprint density at radius 2 is 1.93 bits per heavy atom. The van der Waals surface area contributed by atoms with Crippen molar-refractivity contribution in [1.82, 2.24) is 39.7 Å². The third-order valence-corrected chi connectivity index (χ3v) is 7.05. The van der Waals surface area contributed by atoms with Gasteiger partial charge in [0.25, 0.3) is 5.56 Å². The Labute approximate surface area is 225 Å². The van der Waals surface area contributed by atoms with Crippen LogP contribution < -0.4 is 15.6 Å². The highest BCUT2D eigenvalue weighted by Crippen LogP contribution is 2.38. The molecular weight excluding hydrogens is 529 g/mol. The minimum absolute atomic E-state index is 0.0157. The summed E-state index contributed by atoms with van der Waals surface area (Å²) in [5, 5.41) is 11.6. The molecule has 40 heavy (non-hydrogen) atoms. The van der Waals surface area contributed by atoms with Crippen molar-refractivity contribution in [2.75, 3.05) is 26.2 Å². The fourth-order valence-electron chi connectivity index (χ4n) is 4.97. The molecule has 2 aliphatic rings. The van der Waals surface area contributed by atoms with Crippen LogP contribution in [0.25, 0.3) is 16.7 Å². The van der Waals surface area contributed by atoms with Crippen molar-refractivity contribution < 1.29 is 22.7 Å². The Morgan fingerprint density at radius 1 is 1.12 bits per heavy atom. The maximum absolute atomic E-state index is 13.9. The van der Waals surface area contributed by atoms with Gasteiger partial charge in [-0.3, -0.25) is 19.1 Å². The van der Waals surface area contributed by atoms with Gasteiger partial charge in [0.15, 0.2) is 18.0 Å². The van der Waals surface area contributed by atoms with Crippen LogP contribution in [-0.4, -0.2) is 78.2 Å². The van der Waals surface area contributed by atoms with Gasteiger partial charge in [0, 0.05) is 36.9 Å². The average Bonchev–Trinajstić information content (AvgIpc) is 3.44. The summed E-state index contributed by atoms with van der Waals surface area (Å²) in [6.45, 7) is 0.693. The van der Waals surface area contributed by atoms with E-state index in [2.05, 4.69) is 30.4 Å². The van der Waals surface area contributed by atoms with Crippen LogP contribution in [0.3, 0.4) is 0 Å². The molecule has 4 heterocycles. The number of ketones is 1. The van der Waals surface area contributed by atoms with Gasteiger partial charge in [0.2, 0.25) is 0 Å². The predicted molar refractivity (Wildman–Crippen MR) is 136 cm³/mol. The highest BCUT2D eigenvalue weighted by atomic mass is 19.4. The number of benzene rings is 1. The molecule has 0 amide bonds. The molecule has 1 N–H and O–H groups in total. The van der Waals surface area contributed by atoms with E-state index in [9.17, 15) is 22.8 Å². The number of pyridine rings is 1. The number of fused-ring (bicyclic) bond motifs is 1. The number of nitrogens with zero attached hydrogens (tertiary/aromatic N) is 7. The lowest BCUT2D eigenvalue weighted by atomic mass is 10.1. The normalized spacial score (nSPS) is 16.9.